The SMILES string of the molecule is CCc1cc(NC(=O)c2csc(I)c2)n[nH]1. The van der Waals surface area contributed by atoms with Crippen molar-refractivity contribution in [3.63, 3.8) is 0 Å². The van der Waals surface area contributed by atoms with Crippen LogP contribution >= 0.6 is 33.9 Å². The summed E-state index contributed by atoms with van der Waals surface area (Å²) in [5.74, 6) is 0.455. The van der Waals surface area contributed by atoms with Crippen LogP contribution in [0, 0.1) is 2.88 Å². The minimum absolute atomic E-state index is 0.117. The topological polar surface area (TPSA) is 57.8 Å². The highest BCUT2D eigenvalue weighted by molar-refractivity contribution is 14.1. The average molecular weight is 347 g/mol. The zero-order valence-corrected chi connectivity index (χ0v) is 11.6. The van der Waals surface area contributed by atoms with Crippen molar-refractivity contribution in [3.05, 3.63) is 31.7 Å². The number of aromatic nitrogens is 2. The van der Waals surface area contributed by atoms with Gasteiger partial charge in [-0.25, -0.2) is 0 Å². The predicted octanol–water partition coefficient (Wildman–Crippen LogP) is 2.89. The van der Waals surface area contributed by atoms with Crippen LogP contribution in [0.3, 0.4) is 0 Å². The maximum absolute atomic E-state index is 11.8. The lowest BCUT2D eigenvalue weighted by molar-refractivity contribution is 0.102. The molecule has 0 aliphatic carbocycles. The largest absolute Gasteiger partial charge is 0.305 e. The van der Waals surface area contributed by atoms with E-state index >= 15 is 0 Å². The van der Waals surface area contributed by atoms with Gasteiger partial charge in [-0.15, -0.1) is 11.3 Å². The van der Waals surface area contributed by atoms with Gasteiger partial charge in [0.2, 0.25) is 0 Å². The third kappa shape index (κ3) is 2.62. The molecule has 0 bridgehead atoms. The maximum atomic E-state index is 11.8. The first kappa shape index (κ1) is 11.6. The molecule has 16 heavy (non-hydrogen) atoms. The molecule has 1 amide bonds. The molecule has 0 aromatic carbocycles. The smallest absolute Gasteiger partial charge is 0.257 e. The normalized spacial score (nSPS) is 10.4. The predicted molar refractivity (Wildman–Crippen MR) is 73.0 cm³/mol. The molecule has 0 atom stereocenters. The van der Waals surface area contributed by atoms with Crippen LogP contribution in [0.25, 0.3) is 0 Å². The molecule has 6 heteroatoms. The second-order valence-corrected chi connectivity index (χ2v) is 6.03. The Hall–Kier alpha value is -0.890. The Kier molecular flexibility index (Phi) is 3.59. The van der Waals surface area contributed by atoms with Gasteiger partial charge in [0, 0.05) is 17.1 Å². The van der Waals surface area contributed by atoms with E-state index in [2.05, 4.69) is 38.1 Å². The number of halogens is 1. The van der Waals surface area contributed by atoms with Gasteiger partial charge in [-0.3, -0.25) is 9.89 Å². The summed E-state index contributed by atoms with van der Waals surface area (Å²) in [5, 5.41) is 11.4. The molecule has 0 aliphatic rings. The van der Waals surface area contributed by atoms with Crippen LogP contribution in [0.4, 0.5) is 5.82 Å². The van der Waals surface area contributed by atoms with E-state index < -0.39 is 0 Å². The number of carbonyl (C=O) groups is 1. The third-order valence-electron chi connectivity index (χ3n) is 2.08. The molecule has 4 nitrogen and oxygen atoms in total. The molecule has 0 radical (unpaired) electrons. The van der Waals surface area contributed by atoms with Gasteiger partial charge in [-0.2, -0.15) is 5.10 Å². The molecule has 0 spiro atoms. The summed E-state index contributed by atoms with van der Waals surface area (Å²) in [5.41, 5.74) is 1.69. The minimum atomic E-state index is -0.117. The molecule has 0 saturated heterocycles. The number of aryl methyl sites for hydroxylation is 1. The summed E-state index contributed by atoms with van der Waals surface area (Å²) < 4.78 is 1.10. The van der Waals surface area contributed by atoms with Crippen molar-refractivity contribution in [3.8, 4) is 0 Å². The second kappa shape index (κ2) is 4.96. The highest BCUT2D eigenvalue weighted by atomic mass is 127. The van der Waals surface area contributed by atoms with Crippen molar-refractivity contribution >= 4 is 45.7 Å². The van der Waals surface area contributed by atoms with Crippen molar-refractivity contribution in [2.75, 3.05) is 5.32 Å². The molecule has 2 aromatic rings. The van der Waals surface area contributed by atoms with E-state index in [1.807, 2.05) is 24.4 Å². The first-order valence-corrected chi connectivity index (χ1v) is 6.74. The Morgan fingerprint density at radius 1 is 1.62 bits per heavy atom. The van der Waals surface area contributed by atoms with Gasteiger partial charge in [0.05, 0.1) is 8.45 Å². The zero-order chi connectivity index (χ0) is 11.5. The average Bonchev–Trinajstić information content (AvgIpc) is 2.87. The molecular formula is C10H10IN3OS. The van der Waals surface area contributed by atoms with Crippen LogP contribution in [-0.2, 0) is 6.42 Å². The number of anilines is 1. The number of hydrogen-bond donors (Lipinski definition) is 2. The van der Waals surface area contributed by atoms with Crippen molar-refractivity contribution in [2.45, 2.75) is 13.3 Å². The van der Waals surface area contributed by atoms with E-state index in [0.29, 0.717) is 11.4 Å². The highest BCUT2D eigenvalue weighted by Crippen LogP contribution is 2.17. The van der Waals surface area contributed by atoms with Crippen LogP contribution in [0.5, 0.6) is 0 Å². The number of rotatable bonds is 3. The van der Waals surface area contributed by atoms with Gasteiger partial charge in [0.1, 0.15) is 0 Å². The Labute approximate surface area is 111 Å². The fourth-order valence-electron chi connectivity index (χ4n) is 1.22. The van der Waals surface area contributed by atoms with Gasteiger partial charge >= 0.3 is 0 Å². The molecule has 2 heterocycles. The van der Waals surface area contributed by atoms with Gasteiger partial charge < -0.3 is 5.32 Å². The number of H-pyrrole nitrogens is 1. The standard InChI is InChI=1S/C10H10IN3OS/c1-2-7-4-9(14-13-7)12-10(15)6-3-8(11)16-5-6/h3-5H,2H2,1H3,(H2,12,13,14,15). The quantitative estimate of drug-likeness (QED) is 0.839. The lowest BCUT2D eigenvalue weighted by Crippen LogP contribution is -2.10. The number of aromatic amines is 1. The molecule has 0 fully saturated rings. The summed E-state index contributed by atoms with van der Waals surface area (Å²) >= 11 is 3.74. The summed E-state index contributed by atoms with van der Waals surface area (Å²) in [4.78, 5) is 11.8. The Morgan fingerprint density at radius 3 is 3.00 bits per heavy atom. The number of nitrogens with one attached hydrogen (secondary N) is 2. The molecule has 2 rings (SSSR count). The fraction of sp³-hybridized carbons (Fsp3) is 0.200. The van der Waals surface area contributed by atoms with Crippen molar-refractivity contribution in [2.24, 2.45) is 0 Å². The summed E-state index contributed by atoms with van der Waals surface area (Å²) in [6.45, 7) is 2.03. The van der Waals surface area contributed by atoms with Crippen molar-refractivity contribution in [1.82, 2.24) is 10.2 Å². The first-order chi connectivity index (χ1) is 7.69. The van der Waals surface area contributed by atoms with Gasteiger partial charge in [0.25, 0.3) is 5.91 Å². The van der Waals surface area contributed by atoms with E-state index in [0.717, 1.165) is 15.0 Å². The van der Waals surface area contributed by atoms with Crippen molar-refractivity contribution in [1.29, 1.82) is 0 Å². The van der Waals surface area contributed by atoms with Crippen LogP contribution in [-0.4, -0.2) is 16.1 Å². The molecule has 2 aromatic heterocycles. The summed E-state index contributed by atoms with van der Waals surface area (Å²) in [7, 11) is 0. The maximum Gasteiger partial charge on any atom is 0.257 e. The Balaban J connectivity index is 2.07. The number of amides is 1. The van der Waals surface area contributed by atoms with E-state index in [1.54, 1.807) is 11.3 Å². The number of nitrogens with zero attached hydrogens (tertiary/aromatic N) is 1. The zero-order valence-electron chi connectivity index (χ0n) is 8.58. The van der Waals surface area contributed by atoms with E-state index in [9.17, 15) is 4.79 Å². The van der Waals surface area contributed by atoms with E-state index in [4.69, 9.17) is 0 Å². The second-order valence-electron chi connectivity index (χ2n) is 3.23. The number of carbonyl (C=O) groups excluding carboxylic acids is 1. The van der Waals surface area contributed by atoms with Gasteiger partial charge in [0.15, 0.2) is 5.82 Å². The lowest BCUT2D eigenvalue weighted by atomic mass is 10.3. The number of hydrogen-bond acceptors (Lipinski definition) is 3. The number of thiophene rings is 1. The van der Waals surface area contributed by atoms with Crippen LogP contribution in [0.15, 0.2) is 17.5 Å². The summed E-state index contributed by atoms with van der Waals surface area (Å²) in [6, 6.07) is 3.70. The molecular weight excluding hydrogens is 337 g/mol. The molecule has 0 unspecified atom stereocenters. The molecule has 0 aliphatic heterocycles. The minimum Gasteiger partial charge on any atom is -0.305 e. The summed E-state index contributed by atoms with van der Waals surface area (Å²) in [6.07, 6.45) is 0.874. The van der Waals surface area contributed by atoms with Gasteiger partial charge in [-0.05, 0) is 35.1 Å². The Bertz CT molecular complexity index is 506. The lowest BCUT2D eigenvalue weighted by Gasteiger charge is -1.97. The monoisotopic (exact) mass is 347 g/mol. The molecule has 0 saturated carbocycles. The van der Waals surface area contributed by atoms with Crippen LogP contribution in [0.1, 0.15) is 23.0 Å². The van der Waals surface area contributed by atoms with Crippen LogP contribution < -0.4 is 5.32 Å². The Morgan fingerprint density at radius 2 is 2.44 bits per heavy atom. The highest BCUT2D eigenvalue weighted by Gasteiger charge is 2.09. The van der Waals surface area contributed by atoms with E-state index in [-0.39, 0.29) is 5.91 Å². The van der Waals surface area contributed by atoms with Gasteiger partial charge in [-0.1, -0.05) is 6.92 Å². The van der Waals surface area contributed by atoms with E-state index in [1.165, 1.54) is 0 Å². The molecule has 84 valence electrons. The van der Waals surface area contributed by atoms with Crippen LogP contribution in [0.2, 0.25) is 0 Å². The fourth-order valence-corrected chi connectivity index (χ4v) is 2.55. The van der Waals surface area contributed by atoms with Crippen molar-refractivity contribution < 1.29 is 4.79 Å². The first-order valence-electron chi connectivity index (χ1n) is 4.78. The third-order valence-corrected chi connectivity index (χ3v) is 3.87. The molecule has 2 N–H and O–H groups in total.